The monoisotopic (exact) mass is 321 g/mol. The van der Waals surface area contributed by atoms with Crippen LogP contribution in [0.5, 0.6) is 0 Å². The van der Waals surface area contributed by atoms with Gasteiger partial charge in [0.25, 0.3) is 0 Å². The first kappa shape index (κ1) is 15.4. The molecule has 0 unspecified atom stereocenters. The van der Waals surface area contributed by atoms with E-state index in [1.165, 1.54) is 11.3 Å². The number of nitrogens with two attached hydrogens (primary N) is 1. The highest BCUT2D eigenvalue weighted by Crippen LogP contribution is 2.29. The third-order valence-electron chi connectivity index (χ3n) is 3.86. The van der Waals surface area contributed by atoms with Crippen LogP contribution >= 0.6 is 11.3 Å². The van der Waals surface area contributed by atoms with Gasteiger partial charge in [-0.3, -0.25) is 4.79 Å². The van der Waals surface area contributed by atoms with Crippen LogP contribution in [0.1, 0.15) is 18.4 Å². The molecule has 2 aromatic rings. The summed E-state index contributed by atoms with van der Waals surface area (Å²) in [4.78, 5) is 16.9. The van der Waals surface area contributed by atoms with Gasteiger partial charge in [-0.25, -0.2) is 4.98 Å². The molecule has 0 spiro atoms. The van der Waals surface area contributed by atoms with Gasteiger partial charge in [0.1, 0.15) is 5.54 Å². The Morgan fingerprint density at radius 2 is 2.27 bits per heavy atom. The zero-order valence-electron chi connectivity index (χ0n) is 12.4. The first-order valence-electron chi connectivity index (χ1n) is 7.18. The van der Waals surface area contributed by atoms with Crippen LogP contribution < -0.4 is 11.1 Å². The summed E-state index contributed by atoms with van der Waals surface area (Å²) in [6, 6.07) is 5.91. The quantitative estimate of drug-likeness (QED) is 0.898. The topological polar surface area (TPSA) is 86.5 Å². The Kier molecular flexibility index (Phi) is 4.39. The van der Waals surface area contributed by atoms with E-state index in [0.29, 0.717) is 37.8 Å². The summed E-state index contributed by atoms with van der Waals surface area (Å²) >= 11 is 1.44. The Morgan fingerprint density at radius 1 is 1.50 bits per heavy atom. The molecule has 3 rings (SSSR count). The fourth-order valence-electron chi connectivity index (χ4n) is 2.52. The van der Waals surface area contributed by atoms with Crippen LogP contribution in [0.4, 0.5) is 5.13 Å². The molecule has 3 N–H and O–H groups in total. The number of aromatic nitrogens is 1. The van der Waals surface area contributed by atoms with E-state index in [9.17, 15) is 4.79 Å². The van der Waals surface area contributed by atoms with Crippen LogP contribution in [0.25, 0.3) is 10.2 Å². The lowest BCUT2D eigenvalue weighted by Crippen LogP contribution is -2.54. The van der Waals surface area contributed by atoms with Crippen molar-refractivity contribution in [2.24, 2.45) is 5.73 Å². The molecule has 118 valence electrons. The molecule has 22 heavy (non-hydrogen) atoms. The predicted molar refractivity (Wildman–Crippen MR) is 85.9 cm³/mol. The molecule has 0 bridgehead atoms. The number of fused-ring (bicyclic) bond motifs is 1. The normalized spacial score (nSPS) is 17.5. The van der Waals surface area contributed by atoms with Crippen molar-refractivity contribution in [2.75, 3.05) is 25.6 Å². The minimum absolute atomic E-state index is 0.192. The van der Waals surface area contributed by atoms with Gasteiger partial charge in [0.2, 0.25) is 5.91 Å². The van der Waals surface area contributed by atoms with Gasteiger partial charge < -0.3 is 20.5 Å². The van der Waals surface area contributed by atoms with E-state index in [0.717, 1.165) is 15.8 Å². The van der Waals surface area contributed by atoms with E-state index in [-0.39, 0.29) is 5.91 Å². The average molecular weight is 321 g/mol. The zero-order valence-corrected chi connectivity index (χ0v) is 13.2. The summed E-state index contributed by atoms with van der Waals surface area (Å²) in [6.07, 6.45) is 1.05. The molecule has 1 aromatic heterocycles. The molecular weight excluding hydrogens is 302 g/mol. The number of rotatable bonds is 4. The van der Waals surface area contributed by atoms with Gasteiger partial charge in [-0.05, 0) is 18.9 Å². The number of benzene rings is 1. The first-order chi connectivity index (χ1) is 10.6. The van der Waals surface area contributed by atoms with Crippen molar-refractivity contribution >= 4 is 32.6 Å². The zero-order chi connectivity index (χ0) is 15.6. The van der Waals surface area contributed by atoms with E-state index in [2.05, 4.69) is 10.3 Å². The number of hydrogen-bond acceptors (Lipinski definition) is 6. The molecule has 0 aliphatic carbocycles. The summed E-state index contributed by atoms with van der Waals surface area (Å²) in [5, 5.41) is 3.43. The molecule has 0 radical (unpaired) electrons. The maximum Gasteiger partial charge on any atom is 0.246 e. The van der Waals surface area contributed by atoms with Crippen molar-refractivity contribution in [2.45, 2.75) is 25.0 Å². The Labute approximate surface area is 132 Å². The lowest BCUT2D eigenvalue weighted by Gasteiger charge is -2.31. The van der Waals surface area contributed by atoms with Gasteiger partial charge in [-0.15, -0.1) is 0 Å². The predicted octanol–water partition coefficient (Wildman–Crippen LogP) is 1.89. The standard InChI is InChI=1S/C15H19N3O3S/c1-20-9-10-3-2-4-11-12(10)17-14(22-11)18-13(19)15(16)5-7-21-8-6-15/h2-4H,5-9,16H2,1H3,(H,17,18,19). The van der Waals surface area contributed by atoms with Gasteiger partial charge in [-0.1, -0.05) is 23.5 Å². The molecule has 1 fully saturated rings. The second-order valence-corrected chi connectivity index (χ2v) is 6.47. The summed E-state index contributed by atoms with van der Waals surface area (Å²) in [7, 11) is 1.65. The average Bonchev–Trinajstić information content (AvgIpc) is 2.92. The number of amides is 1. The number of para-hydroxylation sites is 1. The summed E-state index contributed by atoms with van der Waals surface area (Å²) in [5.74, 6) is -0.192. The third-order valence-corrected chi connectivity index (χ3v) is 4.80. The molecule has 1 amide bonds. The Morgan fingerprint density at radius 3 is 3.00 bits per heavy atom. The van der Waals surface area contributed by atoms with Crippen LogP contribution in [-0.2, 0) is 20.9 Å². The van der Waals surface area contributed by atoms with Crippen molar-refractivity contribution in [3.8, 4) is 0 Å². The van der Waals surface area contributed by atoms with Crippen LogP contribution in [0.3, 0.4) is 0 Å². The maximum atomic E-state index is 12.4. The van der Waals surface area contributed by atoms with Crippen molar-refractivity contribution < 1.29 is 14.3 Å². The molecule has 1 aliphatic heterocycles. The second-order valence-electron chi connectivity index (χ2n) is 5.44. The fraction of sp³-hybridized carbons (Fsp3) is 0.467. The molecular formula is C15H19N3O3S. The Hall–Kier alpha value is -1.54. The minimum Gasteiger partial charge on any atom is -0.381 e. The van der Waals surface area contributed by atoms with Gasteiger partial charge in [0, 0.05) is 25.9 Å². The van der Waals surface area contributed by atoms with E-state index < -0.39 is 5.54 Å². The highest BCUT2D eigenvalue weighted by molar-refractivity contribution is 7.22. The number of ether oxygens (including phenoxy) is 2. The number of thiazole rings is 1. The van der Waals surface area contributed by atoms with Gasteiger partial charge in [0.05, 0.1) is 16.8 Å². The molecule has 0 atom stereocenters. The Balaban J connectivity index is 1.82. The number of anilines is 1. The first-order valence-corrected chi connectivity index (χ1v) is 7.99. The summed E-state index contributed by atoms with van der Waals surface area (Å²) < 4.78 is 11.5. The Bertz CT molecular complexity index is 680. The highest BCUT2D eigenvalue weighted by Gasteiger charge is 2.36. The molecule has 2 heterocycles. The number of methoxy groups -OCH3 is 1. The van der Waals surface area contributed by atoms with E-state index in [1.807, 2.05) is 18.2 Å². The number of hydrogen-bond donors (Lipinski definition) is 2. The number of nitrogens with zero attached hydrogens (tertiary/aromatic N) is 1. The fourth-order valence-corrected chi connectivity index (χ4v) is 3.42. The smallest absolute Gasteiger partial charge is 0.246 e. The van der Waals surface area contributed by atoms with Crippen LogP contribution in [-0.4, -0.2) is 36.8 Å². The van der Waals surface area contributed by atoms with E-state index in [1.54, 1.807) is 7.11 Å². The van der Waals surface area contributed by atoms with Crippen LogP contribution in [0, 0.1) is 0 Å². The summed E-state index contributed by atoms with van der Waals surface area (Å²) in [5.41, 5.74) is 7.19. The molecule has 1 aliphatic rings. The van der Waals surface area contributed by atoms with E-state index in [4.69, 9.17) is 15.2 Å². The summed E-state index contributed by atoms with van der Waals surface area (Å²) in [6.45, 7) is 1.52. The minimum atomic E-state index is -0.870. The van der Waals surface area contributed by atoms with Gasteiger partial charge >= 0.3 is 0 Å². The van der Waals surface area contributed by atoms with Crippen molar-refractivity contribution in [1.82, 2.24) is 4.98 Å². The third kappa shape index (κ3) is 2.98. The van der Waals surface area contributed by atoms with E-state index >= 15 is 0 Å². The molecule has 1 aromatic carbocycles. The van der Waals surface area contributed by atoms with Gasteiger partial charge in [0.15, 0.2) is 5.13 Å². The molecule has 6 nitrogen and oxygen atoms in total. The SMILES string of the molecule is COCc1cccc2sc(NC(=O)C3(N)CCOCC3)nc12. The van der Waals surface area contributed by atoms with Crippen molar-refractivity contribution in [3.05, 3.63) is 23.8 Å². The molecule has 0 saturated carbocycles. The lowest BCUT2D eigenvalue weighted by atomic mass is 9.90. The van der Waals surface area contributed by atoms with Crippen molar-refractivity contribution in [3.63, 3.8) is 0 Å². The largest absolute Gasteiger partial charge is 0.381 e. The maximum absolute atomic E-state index is 12.4. The number of carbonyl (C=O) groups is 1. The second kappa shape index (κ2) is 6.29. The van der Waals surface area contributed by atoms with Crippen LogP contribution in [0.2, 0.25) is 0 Å². The molecule has 1 saturated heterocycles. The van der Waals surface area contributed by atoms with Crippen molar-refractivity contribution in [1.29, 1.82) is 0 Å². The van der Waals surface area contributed by atoms with Gasteiger partial charge in [-0.2, -0.15) is 0 Å². The van der Waals surface area contributed by atoms with Crippen LogP contribution in [0.15, 0.2) is 18.2 Å². The number of nitrogens with one attached hydrogen (secondary N) is 1. The lowest BCUT2D eigenvalue weighted by molar-refractivity contribution is -0.124. The molecule has 7 heteroatoms. The number of carbonyl (C=O) groups excluding carboxylic acids is 1. The highest BCUT2D eigenvalue weighted by atomic mass is 32.1.